The molecular weight excluding hydrogens is 974 g/mol. The molecular formula is C60H111GdO6. The number of carbonyl (C=O) groups excluding carboxylic acids is 3. The number of unbranched alkanes of at least 4 members (excludes halogenated alkanes) is 39. The van der Waals surface area contributed by atoms with Crippen LogP contribution < -0.4 is 15.3 Å². The summed E-state index contributed by atoms with van der Waals surface area (Å²) in [5, 5.41) is 30.7. The van der Waals surface area contributed by atoms with Gasteiger partial charge >= 0.3 is 39.9 Å². The predicted octanol–water partition coefficient (Wildman–Crippen LogP) is 16.7. The topological polar surface area (TPSA) is 120 Å². The van der Waals surface area contributed by atoms with Gasteiger partial charge in [0, 0.05) is 17.9 Å². The Bertz CT molecular complexity index is 911. The van der Waals surface area contributed by atoms with Crippen molar-refractivity contribution in [2.75, 3.05) is 0 Å². The third-order valence-corrected chi connectivity index (χ3v) is 12.4. The van der Waals surface area contributed by atoms with Crippen LogP contribution in [0.15, 0.2) is 36.5 Å². The zero-order chi connectivity index (χ0) is 48.9. The van der Waals surface area contributed by atoms with Gasteiger partial charge in [0.1, 0.15) is 0 Å². The van der Waals surface area contributed by atoms with Gasteiger partial charge in [-0.3, -0.25) is 0 Å². The fourth-order valence-electron chi connectivity index (χ4n) is 8.08. The zero-order valence-electron chi connectivity index (χ0n) is 44.7. The first-order valence-corrected chi connectivity index (χ1v) is 28.9. The molecule has 1 radical (unpaired) electrons. The van der Waals surface area contributed by atoms with Crippen molar-refractivity contribution in [2.24, 2.45) is 0 Å². The molecule has 0 atom stereocenters. The standard InChI is InChI=1S/3C20H38O2.Gd/c3*1-2-3-4-5-6-7-8-9-10-11-12-13-14-15-16-17-18-19-20(21)22;/h3*9-10H,2-8,11-19H2,1H3,(H,21,22);/q;;;+3/p-3/b3*10-9-;. The summed E-state index contributed by atoms with van der Waals surface area (Å²) < 4.78 is 0. The van der Waals surface area contributed by atoms with E-state index in [1.807, 2.05) is 0 Å². The quantitative estimate of drug-likeness (QED) is 0.0442. The average Bonchev–Trinajstić information content (AvgIpc) is 3.29. The largest absolute Gasteiger partial charge is 3.00 e. The maximum absolute atomic E-state index is 10.2. The van der Waals surface area contributed by atoms with Gasteiger partial charge in [-0.1, -0.05) is 250 Å². The normalized spacial score (nSPS) is 11.1. The van der Waals surface area contributed by atoms with Crippen molar-refractivity contribution in [3.63, 3.8) is 0 Å². The summed E-state index contributed by atoms with van der Waals surface area (Å²) in [5.74, 6) is -2.73. The van der Waals surface area contributed by atoms with E-state index in [9.17, 15) is 29.7 Å². The first kappa shape index (κ1) is 72.5. The smallest absolute Gasteiger partial charge is 0.550 e. The van der Waals surface area contributed by atoms with Crippen molar-refractivity contribution in [2.45, 2.75) is 329 Å². The van der Waals surface area contributed by atoms with E-state index in [4.69, 9.17) is 0 Å². The molecule has 7 heteroatoms. The Kier molecular flexibility index (Phi) is 74.9. The van der Waals surface area contributed by atoms with Gasteiger partial charge in [0.05, 0.1) is 0 Å². The molecule has 0 saturated heterocycles. The minimum absolute atomic E-state index is 0. The molecule has 0 fully saturated rings. The van der Waals surface area contributed by atoms with E-state index < -0.39 is 17.9 Å². The van der Waals surface area contributed by atoms with Gasteiger partial charge in [0.25, 0.3) is 0 Å². The second kappa shape index (κ2) is 69.2. The van der Waals surface area contributed by atoms with Gasteiger partial charge < -0.3 is 29.7 Å². The summed E-state index contributed by atoms with van der Waals surface area (Å²) >= 11 is 0. The molecule has 67 heavy (non-hydrogen) atoms. The van der Waals surface area contributed by atoms with Crippen LogP contribution in [0, 0.1) is 39.9 Å². The number of allylic oxidation sites excluding steroid dienone is 6. The second-order valence-corrected chi connectivity index (χ2v) is 19.2. The molecule has 0 N–H and O–H groups in total. The monoisotopic (exact) mass is 1090 g/mol. The molecule has 0 aliphatic carbocycles. The van der Waals surface area contributed by atoms with Crippen molar-refractivity contribution in [1.82, 2.24) is 0 Å². The van der Waals surface area contributed by atoms with E-state index in [2.05, 4.69) is 57.2 Å². The number of carboxylic acids is 3. The van der Waals surface area contributed by atoms with Crippen LogP contribution in [0.3, 0.4) is 0 Å². The number of hydrogen-bond donors (Lipinski definition) is 0. The molecule has 0 spiro atoms. The van der Waals surface area contributed by atoms with E-state index in [0.29, 0.717) is 0 Å². The number of rotatable bonds is 51. The van der Waals surface area contributed by atoms with Crippen LogP contribution in [-0.2, 0) is 14.4 Å². The van der Waals surface area contributed by atoms with Crippen LogP contribution in [0.4, 0.5) is 0 Å². The Morgan fingerprint density at radius 1 is 0.239 bits per heavy atom. The van der Waals surface area contributed by atoms with E-state index in [0.717, 1.165) is 38.5 Å². The minimum atomic E-state index is -0.909. The summed E-state index contributed by atoms with van der Waals surface area (Å²) in [6, 6.07) is 0. The van der Waals surface area contributed by atoms with Crippen molar-refractivity contribution in [3.05, 3.63) is 36.5 Å². The molecule has 0 saturated carbocycles. The summed E-state index contributed by atoms with van der Waals surface area (Å²) in [5.41, 5.74) is 0. The number of hydrogen-bond acceptors (Lipinski definition) is 6. The Morgan fingerprint density at radius 3 is 0.522 bits per heavy atom. The van der Waals surface area contributed by atoms with Crippen LogP contribution in [-0.4, -0.2) is 17.9 Å². The fourth-order valence-corrected chi connectivity index (χ4v) is 8.08. The minimum Gasteiger partial charge on any atom is -0.550 e. The second-order valence-electron chi connectivity index (χ2n) is 19.2. The van der Waals surface area contributed by atoms with E-state index in [-0.39, 0.29) is 59.2 Å². The predicted molar refractivity (Wildman–Crippen MR) is 281 cm³/mol. The summed E-state index contributed by atoms with van der Waals surface area (Å²) in [4.78, 5) is 30.7. The summed E-state index contributed by atoms with van der Waals surface area (Å²) in [6.45, 7) is 6.79. The van der Waals surface area contributed by atoms with E-state index in [1.165, 1.54) is 250 Å². The Balaban J connectivity index is -0.000000441. The maximum Gasteiger partial charge on any atom is 3.00 e. The molecule has 395 valence electrons. The molecule has 6 nitrogen and oxygen atoms in total. The Hall–Kier alpha value is -1.05. The Labute approximate surface area is 449 Å². The van der Waals surface area contributed by atoms with Crippen LogP contribution >= 0.6 is 0 Å². The number of carbonyl (C=O) groups is 3. The molecule has 0 aromatic heterocycles. The zero-order valence-corrected chi connectivity index (χ0v) is 47.0. The van der Waals surface area contributed by atoms with Crippen molar-refractivity contribution in [3.8, 4) is 0 Å². The van der Waals surface area contributed by atoms with Gasteiger partial charge in [-0.05, 0) is 116 Å². The average molecular weight is 1090 g/mol. The summed E-state index contributed by atoms with van der Waals surface area (Å²) in [6.07, 6.45) is 71.5. The molecule has 0 amide bonds. The van der Waals surface area contributed by atoms with Gasteiger partial charge in [-0.2, -0.15) is 0 Å². The Morgan fingerprint density at radius 2 is 0.373 bits per heavy atom. The molecule has 0 aliphatic heterocycles. The van der Waals surface area contributed by atoms with Gasteiger partial charge in [0.15, 0.2) is 0 Å². The molecule has 0 aromatic carbocycles. The third kappa shape index (κ3) is 82.2. The molecule has 0 unspecified atom stereocenters. The van der Waals surface area contributed by atoms with Crippen molar-refractivity contribution >= 4 is 17.9 Å². The summed E-state index contributed by atoms with van der Waals surface area (Å²) in [7, 11) is 0. The van der Waals surface area contributed by atoms with Crippen molar-refractivity contribution < 1.29 is 69.6 Å². The van der Waals surface area contributed by atoms with E-state index >= 15 is 0 Å². The fraction of sp³-hybridized carbons (Fsp3) is 0.850. The first-order chi connectivity index (χ1) is 32.3. The maximum atomic E-state index is 10.2. The third-order valence-electron chi connectivity index (χ3n) is 12.4. The molecule has 0 rings (SSSR count). The molecule has 0 bridgehead atoms. The van der Waals surface area contributed by atoms with Crippen LogP contribution in [0.5, 0.6) is 0 Å². The SMILES string of the molecule is CCCCCCCC/C=C\CCCCCCCCCC(=O)[O-].CCCCCCCC/C=C\CCCCCCCCCC(=O)[O-].CCCCCCCC/C=C\CCCCCCCCCC(=O)[O-].[Gd+3]. The van der Waals surface area contributed by atoms with E-state index in [1.54, 1.807) is 0 Å². The number of aliphatic carboxylic acids is 3. The molecule has 0 aliphatic rings. The first-order valence-electron chi connectivity index (χ1n) is 28.9. The molecule has 0 aromatic rings. The van der Waals surface area contributed by atoms with Crippen LogP contribution in [0.2, 0.25) is 0 Å². The van der Waals surface area contributed by atoms with Crippen LogP contribution in [0.25, 0.3) is 0 Å². The van der Waals surface area contributed by atoms with Crippen molar-refractivity contribution in [1.29, 1.82) is 0 Å². The van der Waals surface area contributed by atoms with Gasteiger partial charge in [-0.25, -0.2) is 0 Å². The molecule has 0 heterocycles. The van der Waals surface area contributed by atoms with Crippen LogP contribution in [0.1, 0.15) is 329 Å². The van der Waals surface area contributed by atoms with Gasteiger partial charge in [-0.15, -0.1) is 0 Å². The number of carboxylic acid groups (broad SMARTS) is 3. The van der Waals surface area contributed by atoms with Gasteiger partial charge in [0.2, 0.25) is 0 Å².